The fraction of sp³-hybridized carbons (Fsp3) is 0.667. The molecule has 8 heavy (non-hydrogen) atoms. The SMILES string of the molecule is CC#CCCOCCl. The third-order valence-electron chi connectivity index (χ3n) is 0.625. The molecule has 0 bridgehead atoms. The third-order valence-corrected chi connectivity index (χ3v) is 0.780. The van der Waals surface area contributed by atoms with E-state index in [4.69, 9.17) is 16.3 Å². The minimum atomic E-state index is 0.269. The van der Waals surface area contributed by atoms with Crippen molar-refractivity contribution in [3.05, 3.63) is 0 Å². The number of ether oxygens (including phenoxy) is 1. The first-order valence-corrected chi connectivity index (χ1v) is 2.98. The molecule has 0 heterocycles. The van der Waals surface area contributed by atoms with Gasteiger partial charge in [-0.15, -0.1) is 11.8 Å². The summed E-state index contributed by atoms with van der Waals surface area (Å²) in [5, 5.41) is 0. The predicted molar refractivity (Wildman–Crippen MR) is 34.7 cm³/mol. The van der Waals surface area contributed by atoms with Crippen molar-refractivity contribution in [2.45, 2.75) is 13.3 Å². The van der Waals surface area contributed by atoms with E-state index in [1.807, 2.05) is 0 Å². The summed E-state index contributed by atoms with van der Waals surface area (Å²) in [5.41, 5.74) is 0. The molecule has 0 aromatic carbocycles. The zero-order valence-electron chi connectivity index (χ0n) is 4.91. The highest BCUT2D eigenvalue weighted by molar-refractivity contribution is 6.17. The van der Waals surface area contributed by atoms with Crippen LogP contribution in [0.1, 0.15) is 13.3 Å². The largest absolute Gasteiger partial charge is 0.365 e. The van der Waals surface area contributed by atoms with Gasteiger partial charge in [0.25, 0.3) is 0 Å². The van der Waals surface area contributed by atoms with Crippen LogP contribution < -0.4 is 0 Å². The Balaban J connectivity index is 2.79. The Morgan fingerprint density at radius 1 is 1.62 bits per heavy atom. The van der Waals surface area contributed by atoms with Crippen molar-refractivity contribution >= 4 is 11.6 Å². The van der Waals surface area contributed by atoms with E-state index in [9.17, 15) is 0 Å². The molecule has 0 unspecified atom stereocenters. The molecule has 0 aliphatic heterocycles. The molecule has 2 heteroatoms. The first kappa shape index (κ1) is 7.81. The van der Waals surface area contributed by atoms with Crippen LogP contribution >= 0.6 is 11.6 Å². The smallest absolute Gasteiger partial charge is 0.120 e. The minimum Gasteiger partial charge on any atom is -0.365 e. The summed E-state index contributed by atoms with van der Waals surface area (Å²) >= 11 is 5.21. The normalized spacial score (nSPS) is 7.75. The van der Waals surface area contributed by atoms with Crippen LogP contribution in [0.25, 0.3) is 0 Å². The number of rotatable bonds is 3. The van der Waals surface area contributed by atoms with Crippen LogP contribution in [0.2, 0.25) is 0 Å². The van der Waals surface area contributed by atoms with Crippen molar-refractivity contribution in [3.63, 3.8) is 0 Å². The van der Waals surface area contributed by atoms with E-state index in [1.165, 1.54) is 0 Å². The summed E-state index contributed by atoms with van der Waals surface area (Å²) in [4.78, 5) is 0. The van der Waals surface area contributed by atoms with Crippen molar-refractivity contribution in [1.82, 2.24) is 0 Å². The van der Waals surface area contributed by atoms with Crippen LogP contribution in [0.3, 0.4) is 0 Å². The number of alkyl halides is 1. The highest BCUT2D eigenvalue weighted by Crippen LogP contribution is 1.81. The van der Waals surface area contributed by atoms with Crippen LogP contribution in [0, 0.1) is 11.8 Å². The van der Waals surface area contributed by atoms with Gasteiger partial charge in [-0.2, -0.15) is 0 Å². The standard InChI is InChI=1S/C6H9ClO/c1-2-3-4-5-8-6-7/h4-6H2,1H3. The van der Waals surface area contributed by atoms with E-state index in [1.54, 1.807) is 6.92 Å². The average molecular weight is 133 g/mol. The van der Waals surface area contributed by atoms with E-state index < -0.39 is 0 Å². The molecule has 0 rings (SSSR count). The molecule has 0 amide bonds. The van der Waals surface area contributed by atoms with Crippen molar-refractivity contribution in [1.29, 1.82) is 0 Å². The highest BCUT2D eigenvalue weighted by atomic mass is 35.5. The molecule has 0 spiro atoms. The molecule has 0 saturated heterocycles. The maximum Gasteiger partial charge on any atom is 0.120 e. The van der Waals surface area contributed by atoms with Gasteiger partial charge in [-0.3, -0.25) is 0 Å². The summed E-state index contributed by atoms with van der Waals surface area (Å²) in [7, 11) is 0. The zero-order valence-corrected chi connectivity index (χ0v) is 5.66. The number of halogens is 1. The third kappa shape index (κ3) is 5.81. The average Bonchev–Trinajstić information content (AvgIpc) is 1.81. The van der Waals surface area contributed by atoms with Crippen molar-refractivity contribution in [3.8, 4) is 11.8 Å². The Hall–Kier alpha value is -0.190. The van der Waals surface area contributed by atoms with Gasteiger partial charge in [0.2, 0.25) is 0 Å². The molecule has 0 radical (unpaired) electrons. The van der Waals surface area contributed by atoms with Crippen molar-refractivity contribution in [2.75, 3.05) is 12.7 Å². The molecular formula is C6H9ClO. The Bertz CT molecular complexity index is 90.4. The summed E-state index contributed by atoms with van der Waals surface area (Å²) < 4.78 is 4.80. The van der Waals surface area contributed by atoms with Crippen molar-refractivity contribution in [2.24, 2.45) is 0 Å². The van der Waals surface area contributed by atoms with Crippen molar-refractivity contribution < 1.29 is 4.74 Å². The van der Waals surface area contributed by atoms with Gasteiger partial charge >= 0.3 is 0 Å². The number of hydrogen-bond donors (Lipinski definition) is 0. The van der Waals surface area contributed by atoms with E-state index in [0.717, 1.165) is 6.42 Å². The lowest BCUT2D eigenvalue weighted by atomic mass is 10.4. The van der Waals surface area contributed by atoms with Gasteiger partial charge in [-0.05, 0) is 6.92 Å². The minimum absolute atomic E-state index is 0.269. The first-order chi connectivity index (χ1) is 3.91. The fourth-order valence-electron chi connectivity index (χ4n) is 0.303. The first-order valence-electron chi connectivity index (χ1n) is 2.45. The van der Waals surface area contributed by atoms with Gasteiger partial charge in [0.15, 0.2) is 0 Å². The summed E-state index contributed by atoms with van der Waals surface area (Å²) in [6.07, 6.45) is 0.781. The Morgan fingerprint density at radius 2 is 2.38 bits per heavy atom. The molecule has 46 valence electrons. The molecule has 0 atom stereocenters. The predicted octanol–water partition coefficient (Wildman–Crippen LogP) is 1.61. The van der Waals surface area contributed by atoms with Crippen LogP contribution in [0.5, 0.6) is 0 Å². The maximum absolute atomic E-state index is 5.21. The Morgan fingerprint density at radius 3 is 2.88 bits per heavy atom. The van der Waals surface area contributed by atoms with E-state index in [2.05, 4.69) is 11.8 Å². The lowest BCUT2D eigenvalue weighted by Crippen LogP contribution is -1.88. The Kier molecular flexibility index (Phi) is 6.65. The molecule has 0 saturated carbocycles. The molecule has 0 aromatic heterocycles. The second-order valence-electron chi connectivity index (χ2n) is 1.19. The van der Waals surface area contributed by atoms with Gasteiger partial charge in [-0.25, -0.2) is 0 Å². The fourth-order valence-corrected chi connectivity index (χ4v) is 0.412. The second kappa shape index (κ2) is 6.81. The topological polar surface area (TPSA) is 9.23 Å². The summed E-state index contributed by atoms with van der Waals surface area (Å²) in [6, 6.07) is 0.269. The molecule has 1 nitrogen and oxygen atoms in total. The summed E-state index contributed by atoms with van der Waals surface area (Å²) in [5.74, 6) is 5.60. The number of hydrogen-bond acceptors (Lipinski definition) is 1. The van der Waals surface area contributed by atoms with E-state index >= 15 is 0 Å². The lowest BCUT2D eigenvalue weighted by Gasteiger charge is -1.90. The van der Waals surface area contributed by atoms with Crippen LogP contribution in [0.15, 0.2) is 0 Å². The molecule has 0 aliphatic rings. The molecule has 0 fully saturated rings. The Labute approximate surface area is 55.0 Å². The van der Waals surface area contributed by atoms with Crippen LogP contribution in [-0.4, -0.2) is 12.7 Å². The molecular weight excluding hydrogens is 124 g/mol. The van der Waals surface area contributed by atoms with Crippen LogP contribution in [0.4, 0.5) is 0 Å². The quantitative estimate of drug-likeness (QED) is 0.322. The highest BCUT2D eigenvalue weighted by Gasteiger charge is 1.77. The monoisotopic (exact) mass is 132 g/mol. The van der Waals surface area contributed by atoms with E-state index in [0.29, 0.717) is 6.61 Å². The van der Waals surface area contributed by atoms with Gasteiger partial charge in [0.05, 0.1) is 6.61 Å². The lowest BCUT2D eigenvalue weighted by molar-refractivity contribution is 0.186. The van der Waals surface area contributed by atoms with Gasteiger partial charge in [-0.1, -0.05) is 11.6 Å². The van der Waals surface area contributed by atoms with Crippen LogP contribution in [-0.2, 0) is 4.74 Å². The zero-order chi connectivity index (χ0) is 6.24. The van der Waals surface area contributed by atoms with Gasteiger partial charge < -0.3 is 4.74 Å². The maximum atomic E-state index is 5.21. The second-order valence-corrected chi connectivity index (χ2v) is 1.41. The molecule has 0 aliphatic carbocycles. The summed E-state index contributed by atoms with van der Waals surface area (Å²) in [6.45, 7) is 2.45. The van der Waals surface area contributed by atoms with E-state index in [-0.39, 0.29) is 6.07 Å². The van der Waals surface area contributed by atoms with Gasteiger partial charge in [0.1, 0.15) is 6.07 Å². The molecule has 0 aromatic rings. The molecule has 0 N–H and O–H groups in total. The van der Waals surface area contributed by atoms with Gasteiger partial charge in [0, 0.05) is 6.42 Å².